The number of quaternary nitrogens is 1. The van der Waals surface area contributed by atoms with Gasteiger partial charge in [-0.2, -0.15) is 0 Å². The average Bonchev–Trinajstić information content (AvgIpc) is 1.98. The van der Waals surface area contributed by atoms with Crippen molar-refractivity contribution in [2.45, 2.75) is 12.5 Å². The van der Waals surface area contributed by atoms with Gasteiger partial charge in [-0.25, -0.2) is 8.42 Å². The number of hydrogen-bond acceptors (Lipinski definition) is 5. The number of likely N-dealkylation sites (N-methyl/N-ethyl adjacent to an activating group) is 1. The van der Waals surface area contributed by atoms with Gasteiger partial charge >= 0.3 is 0 Å². The van der Waals surface area contributed by atoms with Gasteiger partial charge in [0.2, 0.25) is 0 Å². The van der Waals surface area contributed by atoms with Gasteiger partial charge in [0.25, 0.3) is 0 Å². The molecule has 6 nitrogen and oxygen atoms in total. The van der Waals surface area contributed by atoms with Crippen LogP contribution in [-0.2, 0) is 10.1 Å². The molecule has 0 heterocycles. The highest BCUT2D eigenvalue weighted by atomic mass is 32.2. The maximum absolute atomic E-state index is 10.5. The summed E-state index contributed by atoms with van der Waals surface area (Å²) in [5.74, 6) is -0.708. The summed E-state index contributed by atoms with van der Waals surface area (Å²) in [6.07, 6.45) is -0.160. The third-order valence-corrected chi connectivity index (χ3v) is 3.08. The Hall–Kier alpha value is -0.210. The van der Waals surface area contributed by atoms with E-state index in [2.05, 4.69) is 5.32 Å². The van der Waals surface area contributed by atoms with Crippen LogP contribution in [0.2, 0.25) is 0 Å². The van der Waals surface area contributed by atoms with Crippen molar-refractivity contribution in [2.75, 3.05) is 46.5 Å². The summed E-state index contributed by atoms with van der Waals surface area (Å²) in [6.45, 7) is 1.96. The highest BCUT2D eigenvalue weighted by Crippen LogP contribution is 2.03. The van der Waals surface area contributed by atoms with Crippen LogP contribution in [0.1, 0.15) is 6.42 Å². The molecule has 0 aliphatic rings. The Morgan fingerprint density at radius 1 is 1.44 bits per heavy atom. The van der Waals surface area contributed by atoms with E-state index >= 15 is 0 Å². The second-order valence-electron chi connectivity index (χ2n) is 4.68. The molecule has 0 amide bonds. The van der Waals surface area contributed by atoms with Crippen molar-refractivity contribution in [2.24, 2.45) is 0 Å². The van der Waals surface area contributed by atoms with Crippen molar-refractivity contribution in [3.63, 3.8) is 0 Å². The standard InChI is InChI=1S/C9H22N2O4S/c1-10-5-4-6-11(2,3)7-9(12)8-16(13,14)15/h9-10,12H,4-8H2,1-3H3. The second kappa shape index (κ2) is 6.51. The van der Waals surface area contributed by atoms with Gasteiger partial charge < -0.3 is 19.5 Å². The molecule has 1 atom stereocenters. The first-order valence-corrected chi connectivity index (χ1v) is 6.82. The lowest BCUT2D eigenvalue weighted by atomic mass is 10.3. The van der Waals surface area contributed by atoms with Crippen LogP contribution in [-0.4, -0.2) is 75.2 Å². The van der Waals surface area contributed by atoms with Crippen LogP contribution < -0.4 is 5.32 Å². The van der Waals surface area contributed by atoms with E-state index in [0.717, 1.165) is 19.5 Å². The largest absolute Gasteiger partial charge is 0.748 e. The third-order valence-electron chi connectivity index (χ3n) is 2.29. The quantitative estimate of drug-likeness (QED) is 0.315. The molecule has 0 aromatic rings. The topological polar surface area (TPSA) is 89.5 Å². The summed E-state index contributed by atoms with van der Waals surface area (Å²) < 4.78 is 31.9. The number of nitrogens with zero attached hydrogens (tertiary/aromatic N) is 1. The number of rotatable bonds is 8. The van der Waals surface area contributed by atoms with Crippen molar-refractivity contribution in [3.8, 4) is 0 Å². The number of aliphatic hydroxyl groups is 1. The van der Waals surface area contributed by atoms with Crippen molar-refractivity contribution in [3.05, 3.63) is 0 Å². The summed E-state index contributed by atoms with van der Waals surface area (Å²) in [5.41, 5.74) is 0. The minimum absolute atomic E-state index is 0.269. The highest BCUT2D eigenvalue weighted by molar-refractivity contribution is 7.85. The van der Waals surface area contributed by atoms with Gasteiger partial charge in [0.15, 0.2) is 0 Å². The maximum Gasteiger partial charge on any atom is 0.116 e. The van der Waals surface area contributed by atoms with E-state index in [9.17, 15) is 18.1 Å². The molecule has 98 valence electrons. The van der Waals surface area contributed by atoms with E-state index < -0.39 is 22.0 Å². The molecule has 0 rings (SSSR count). The van der Waals surface area contributed by atoms with E-state index in [1.165, 1.54) is 0 Å². The fraction of sp³-hybridized carbons (Fsp3) is 1.00. The zero-order valence-electron chi connectivity index (χ0n) is 10.1. The molecule has 7 heteroatoms. The minimum atomic E-state index is -4.34. The monoisotopic (exact) mass is 254 g/mol. The molecule has 0 saturated carbocycles. The van der Waals surface area contributed by atoms with Crippen LogP contribution >= 0.6 is 0 Å². The van der Waals surface area contributed by atoms with Crippen molar-refractivity contribution < 1.29 is 22.6 Å². The van der Waals surface area contributed by atoms with Crippen LogP contribution in [0.5, 0.6) is 0 Å². The van der Waals surface area contributed by atoms with Crippen LogP contribution in [0.3, 0.4) is 0 Å². The molecule has 0 aliphatic carbocycles. The van der Waals surface area contributed by atoms with Crippen molar-refractivity contribution >= 4 is 10.1 Å². The number of hydrogen-bond donors (Lipinski definition) is 2. The molecule has 0 saturated heterocycles. The normalized spacial score (nSPS) is 15.1. The first-order chi connectivity index (χ1) is 7.16. The second-order valence-corrected chi connectivity index (χ2v) is 6.13. The lowest BCUT2D eigenvalue weighted by molar-refractivity contribution is -0.893. The van der Waals surface area contributed by atoms with Gasteiger partial charge in [0.05, 0.1) is 36.5 Å². The van der Waals surface area contributed by atoms with Gasteiger partial charge in [-0.3, -0.25) is 0 Å². The van der Waals surface area contributed by atoms with Crippen molar-refractivity contribution in [1.29, 1.82) is 0 Å². The Kier molecular flexibility index (Phi) is 6.42. The molecule has 0 fully saturated rings. The molecule has 0 aromatic carbocycles. The summed E-state index contributed by atoms with van der Waals surface area (Å²) in [4.78, 5) is 0. The molecular weight excluding hydrogens is 232 g/mol. The number of nitrogens with one attached hydrogen (secondary N) is 1. The van der Waals surface area contributed by atoms with Crippen LogP contribution in [0.4, 0.5) is 0 Å². The van der Waals surface area contributed by atoms with Crippen LogP contribution in [0, 0.1) is 0 Å². The third kappa shape index (κ3) is 9.05. The maximum atomic E-state index is 10.5. The first-order valence-electron chi connectivity index (χ1n) is 5.24. The van der Waals surface area contributed by atoms with Crippen molar-refractivity contribution in [1.82, 2.24) is 5.32 Å². The van der Waals surface area contributed by atoms with Crippen LogP contribution in [0.15, 0.2) is 0 Å². The van der Waals surface area contributed by atoms with Gasteiger partial charge in [-0.15, -0.1) is 0 Å². The summed E-state index contributed by atoms with van der Waals surface area (Å²) in [7, 11) is 1.31. The average molecular weight is 254 g/mol. The van der Waals surface area contributed by atoms with Gasteiger partial charge in [-0.05, 0) is 7.05 Å². The smallest absolute Gasteiger partial charge is 0.116 e. The molecule has 0 aromatic heterocycles. The molecule has 2 N–H and O–H groups in total. The van der Waals surface area contributed by atoms with Crippen LogP contribution in [0.25, 0.3) is 0 Å². The zero-order chi connectivity index (χ0) is 12.8. The Morgan fingerprint density at radius 2 is 2.00 bits per heavy atom. The summed E-state index contributed by atoms with van der Waals surface area (Å²) in [6, 6.07) is 0. The van der Waals surface area contributed by atoms with Gasteiger partial charge in [0.1, 0.15) is 12.6 Å². The molecule has 1 unspecified atom stereocenters. The first kappa shape index (κ1) is 15.8. The molecule has 0 spiro atoms. The minimum Gasteiger partial charge on any atom is -0.748 e. The van der Waals surface area contributed by atoms with E-state index in [0.29, 0.717) is 4.48 Å². The number of aliphatic hydroxyl groups excluding tert-OH is 1. The zero-order valence-corrected chi connectivity index (χ0v) is 11.0. The predicted molar refractivity (Wildman–Crippen MR) is 61.0 cm³/mol. The lowest BCUT2D eigenvalue weighted by Crippen LogP contribution is -2.48. The Labute approximate surface area is 97.6 Å². The summed E-state index contributed by atoms with van der Waals surface area (Å²) in [5, 5.41) is 12.5. The predicted octanol–water partition coefficient (Wildman–Crippen LogP) is -1.42. The Bertz CT molecular complexity index is 290. The molecule has 0 aliphatic heterocycles. The SMILES string of the molecule is CNCCC[N+](C)(C)CC(O)CS(=O)(=O)[O-]. The fourth-order valence-electron chi connectivity index (χ4n) is 1.63. The summed E-state index contributed by atoms with van der Waals surface area (Å²) >= 11 is 0. The molecule has 0 radical (unpaired) electrons. The van der Waals surface area contributed by atoms with E-state index in [-0.39, 0.29) is 6.54 Å². The van der Waals surface area contributed by atoms with Gasteiger partial charge in [0, 0.05) is 13.0 Å². The Morgan fingerprint density at radius 3 is 2.44 bits per heavy atom. The lowest BCUT2D eigenvalue weighted by Gasteiger charge is -2.32. The molecule has 0 bridgehead atoms. The fourth-order valence-corrected chi connectivity index (χ4v) is 2.21. The van der Waals surface area contributed by atoms with E-state index in [4.69, 9.17) is 0 Å². The van der Waals surface area contributed by atoms with E-state index in [1.807, 2.05) is 21.1 Å². The Balaban J connectivity index is 4.04. The molecule has 16 heavy (non-hydrogen) atoms. The molecular formula is C9H22N2O4S. The van der Waals surface area contributed by atoms with Gasteiger partial charge in [-0.1, -0.05) is 0 Å². The highest BCUT2D eigenvalue weighted by Gasteiger charge is 2.21. The van der Waals surface area contributed by atoms with E-state index in [1.54, 1.807) is 0 Å².